The maximum atomic E-state index is 15.6. The Balaban J connectivity index is 1.87. The van der Waals surface area contributed by atoms with E-state index in [9.17, 15) is 0 Å². The monoisotopic (exact) mass is 488 g/mol. The highest BCUT2D eigenvalue weighted by molar-refractivity contribution is 6.33. The molecule has 0 saturated heterocycles. The molecule has 2 aromatic carbocycles. The van der Waals surface area contributed by atoms with Crippen LogP contribution in [0.3, 0.4) is 0 Å². The minimum Gasteiger partial charge on any atom is -0.482 e. The Morgan fingerprint density at radius 3 is 2.68 bits per heavy atom. The summed E-state index contributed by atoms with van der Waals surface area (Å²) >= 11 is 6.46. The number of aliphatic hydroxyl groups is 1. The molecular formula is C26H27ClF2N2O3. The SMILES string of the molecule is Cc1cnc(OCCO)c(F)c1-c1c(Cl)c(F)cc2c1CC(CCCCN)(c1ccccc1)O2. The van der Waals surface area contributed by atoms with Crippen molar-refractivity contribution in [2.75, 3.05) is 19.8 Å². The number of nitrogens with zero attached hydrogens (tertiary/aromatic N) is 1. The lowest BCUT2D eigenvalue weighted by molar-refractivity contribution is 0.0793. The highest BCUT2D eigenvalue weighted by atomic mass is 35.5. The molecule has 0 fully saturated rings. The van der Waals surface area contributed by atoms with Gasteiger partial charge in [0.05, 0.1) is 11.6 Å². The summed E-state index contributed by atoms with van der Waals surface area (Å²) in [7, 11) is 0. The van der Waals surface area contributed by atoms with Gasteiger partial charge in [-0.25, -0.2) is 13.8 Å². The van der Waals surface area contributed by atoms with Gasteiger partial charge in [0.1, 0.15) is 23.8 Å². The molecule has 34 heavy (non-hydrogen) atoms. The predicted octanol–water partition coefficient (Wildman–Crippen LogP) is 5.32. The van der Waals surface area contributed by atoms with E-state index in [0.29, 0.717) is 36.3 Å². The van der Waals surface area contributed by atoms with Crippen molar-refractivity contribution in [2.24, 2.45) is 5.73 Å². The van der Waals surface area contributed by atoms with Crippen LogP contribution in [0.25, 0.3) is 11.1 Å². The third-order valence-electron chi connectivity index (χ3n) is 6.15. The summed E-state index contributed by atoms with van der Waals surface area (Å²) in [6, 6.07) is 11.0. The van der Waals surface area contributed by atoms with Gasteiger partial charge >= 0.3 is 0 Å². The molecule has 0 amide bonds. The van der Waals surface area contributed by atoms with Crippen molar-refractivity contribution in [2.45, 2.75) is 38.2 Å². The summed E-state index contributed by atoms with van der Waals surface area (Å²) in [6.45, 7) is 1.82. The van der Waals surface area contributed by atoms with E-state index >= 15 is 8.78 Å². The smallest absolute Gasteiger partial charge is 0.251 e. The second-order valence-corrected chi connectivity index (χ2v) is 8.79. The van der Waals surface area contributed by atoms with Gasteiger partial charge in [-0.05, 0) is 43.9 Å². The molecule has 1 aromatic heterocycles. The van der Waals surface area contributed by atoms with E-state index in [1.807, 2.05) is 30.3 Å². The Bertz CT molecular complexity index is 1180. The van der Waals surface area contributed by atoms with Crippen LogP contribution in [-0.4, -0.2) is 29.8 Å². The van der Waals surface area contributed by atoms with Crippen LogP contribution in [0.2, 0.25) is 5.02 Å². The molecule has 0 aliphatic carbocycles. The number of hydrogen-bond donors (Lipinski definition) is 2. The average molecular weight is 489 g/mol. The molecular weight excluding hydrogens is 462 g/mol. The number of nitrogens with two attached hydrogens (primary N) is 1. The quantitative estimate of drug-likeness (QED) is 0.399. The van der Waals surface area contributed by atoms with Crippen LogP contribution in [0, 0.1) is 18.6 Å². The number of unbranched alkanes of at least 4 members (excludes halogenated alkanes) is 1. The summed E-state index contributed by atoms with van der Waals surface area (Å²) in [5.74, 6) is -1.40. The fourth-order valence-corrected chi connectivity index (χ4v) is 4.81. The zero-order chi connectivity index (χ0) is 24.3. The fourth-order valence-electron chi connectivity index (χ4n) is 4.55. The minimum atomic E-state index is -0.761. The molecule has 180 valence electrons. The topological polar surface area (TPSA) is 77.6 Å². The predicted molar refractivity (Wildman–Crippen MR) is 127 cm³/mol. The first-order valence-electron chi connectivity index (χ1n) is 11.3. The number of aryl methyl sites for hydroxylation is 1. The molecule has 1 aliphatic heterocycles. The molecule has 5 nitrogen and oxygen atoms in total. The minimum absolute atomic E-state index is 0.109. The molecule has 1 aliphatic rings. The van der Waals surface area contributed by atoms with Crippen molar-refractivity contribution in [1.82, 2.24) is 4.98 Å². The summed E-state index contributed by atoms with van der Waals surface area (Å²) in [4.78, 5) is 3.98. The van der Waals surface area contributed by atoms with Gasteiger partial charge in [-0.1, -0.05) is 41.9 Å². The molecule has 1 atom stereocenters. The second kappa shape index (κ2) is 10.3. The van der Waals surface area contributed by atoms with Crippen molar-refractivity contribution in [3.05, 3.63) is 75.9 Å². The Hall–Kier alpha value is -2.74. The lowest BCUT2D eigenvalue weighted by atomic mass is 9.82. The van der Waals surface area contributed by atoms with Crippen molar-refractivity contribution >= 4 is 11.6 Å². The highest BCUT2D eigenvalue weighted by Crippen LogP contribution is 2.51. The maximum Gasteiger partial charge on any atom is 0.251 e. The van der Waals surface area contributed by atoms with Crippen LogP contribution < -0.4 is 15.2 Å². The number of aliphatic hydroxyl groups excluding tert-OH is 1. The van der Waals surface area contributed by atoms with Gasteiger partial charge in [0.2, 0.25) is 0 Å². The van der Waals surface area contributed by atoms with Crippen molar-refractivity contribution in [3.63, 3.8) is 0 Å². The van der Waals surface area contributed by atoms with E-state index < -0.39 is 17.2 Å². The molecule has 3 N–H and O–H groups in total. The molecule has 1 unspecified atom stereocenters. The first-order chi connectivity index (χ1) is 16.4. The molecule has 0 saturated carbocycles. The zero-order valence-corrected chi connectivity index (χ0v) is 19.7. The summed E-state index contributed by atoms with van der Waals surface area (Å²) in [6.07, 6.45) is 4.12. The number of benzene rings is 2. The molecule has 8 heteroatoms. The number of hydrogen-bond acceptors (Lipinski definition) is 5. The standard InChI is InChI=1S/C26H27ClF2N2O3/c1-16-15-31-25(33-12-11-32)24(29)21(16)22-18-14-26(9-5-6-10-30,17-7-3-2-4-8-17)34-20(18)13-19(28)23(22)27/h2-4,7-8,13,15,32H,5-6,9-12,14,30H2,1H3. The van der Waals surface area contributed by atoms with Crippen LogP contribution in [0.1, 0.15) is 36.0 Å². The fraction of sp³-hybridized carbons (Fsp3) is 0.346. The normalized spacial score (nSPS) is 16.9. The molecule has 0 spiro atoms. The Labute approximate surface area is 202 Å². The van der Waals surface area contributed by atoms with Crippen molar-refractivity contribution < 1.29 is 23.4 Å². The third-order valence-corrected chi connectivity index (χ3v) is 6.52. The first-order valence-corrected chi connectivity index (χ1v) is 11.6. The lowest BCUT2D eigenvalue weighted by Gasteiger charge is -2.29. The van der Waals surface area contributed by atoms with Crippen molar-refractivity contribution in [1.29, 1.82) is 0 Å². The van der Waals surface area contributed by atoms with Crippen LogP contribution in [0.4, 0.5) is 8.78 Å². The molecule has 0 bridgehead atoms. The largest absolute Gasteiger partial charge is 0.482 e. The van der Waals surface area contributed by atoms with Gasteiger partial charge in [0.15, 0.2) is 5.82 Å². The van der Waals surface area contributed by atoms with Crippen molar-refractivity contribution in [3.8, 4) is 22.8 Å². The molecule has 0 radical (unpaired) electrons. The Kier molecular flexibility index (Phi) is 7.36. The van der Waals surface area contributed by atoms with E-state index in [2.05, 4.69) is 4.98 Å². The number of ether oxygens (including phenoxy) is 2. The summed E-state index contributed by atoms with van der Waals surface area (Å²) in [5.41, 5.74) is 7.37. The second-order valence-electron chi connectivity index (χ2n) is 8.42. The number of fused-ring (bicyclic) bond motifs is 1. The van der Waals surface area contributed by atoms with Gasteiger partial charge < -0.3 is 20.3 Å². The van der Waals surface area contributed by atoms with Gasteiger partial charge in [-0.2, -0.15) is 0 Å². The summed E-state index contributed by atoms with van der Waals surface area (Å²) in [5, 5.41) is 8.87. The maximum absolute atomic E-state index is 15.6. The van der Waals surface area contributed by atoms with E-state index in [1.165, 1.54) is 12.3 Å². The molecule has 2 heterocycles. The van der Waals surface area contributed by atoms with E-state index in [0.717, 1.165) is 18.4 Å². The molecule has 3 aromatic rings. The van der Waals surface area contributed by atoms with Gasteiger partial charge in [0, 0.05) is 35.4 Å². The summed E-state index contributed by atoms with van der Waals surface area (Å²) < 4.78 is 42.3. The van der Waals surface area contributed by atoms with Crippen LogP contribution >= 0.6 is 11.6 Å². The van der Waals surface area contributed by atoms with Gasteiger partial charge in [-0.15, -0.1) is 0 Å². The highest BCUT2D eigenvalue weighted by Gasteiger charge is 2.43. The Morgan fingerprint density at radius 1 is 1.21 bits per heavy atom. The van der Waals surface area contributed by atoms with Crippen LogP contribution in [0.5, 0.6) is 11.6 Å². The lowest BCUT2D eigenvalue weighted by Crippen LogP contribution is -2.31. The molecule has 4 rings (SSSR count). The average Bonchev–Trinajstić information content (AvgIpc) is 3.20. The number of pyridine rings is 1. The number of rotatable bonds is 9. The van der Waals surface area contributed by atoms with E-state index in [1.54, 1.807) is 6.92 Å². The first kappa shape index (κ1) is 24.4. The van der Waals surface area contributed by atoms with E-state index in [4.69, 9.17) is 31.9 Å². The number of aromatic nitrogens is 1. The zero-order valence-electron chi connectivity index (χ0n) is 18.9. The number of halogens is 3. The van der Waals surface area contributed by atoms with E-state index in [-0.39, 0.29) is 35.2 Å². The third kappa shape index (κ3) is 4.48. The van der Waals surface area contributed by atoms with Crippen LogP contribution in [-0.2, 0) is 12.0 Å². The van der Waals surface area contributed by atoms with Gasteiger partial charge in [-0.3, -0.25) is 0 Å². The van der Waals surface area contributed by atoms with Crippen LogP contribution in [0.15, 0.2) is 42.6 Å². The van der Waals surface area contributed by atoms with Gasteiger partial charge in [0.25, 0.3) is 5.88 Å². The Morgan fingerprint density at radius 2 is 1.97 bits per heavy atom.